The molecule has 2 fully saturated rings. The number of rotatable bonds is 4. The minimum Gasteiger partial charge on any atom is -0.368 e. The van der Waals surface area contributed by atoms with E-state index in [1.165, 1.54) is 0 Å². The molecule has 108 valence electrons. The zero-order valence-electron chi connectivity index (χ0n) is 11.7. The van der Waals surface area contributed by atoms with Gasteiger partial charge in [0, 0.05) is 6.04 Å². The van der Waals surface area contributed by atoms with Crippen LogP contribution in [0.3, 0.4) is 0 Å². The summed E-state index contributed by atoms with van der Waals surface area (Å²) in [6.45, 7) is 3.12. The van der Waals surface area contributed by atoms with Crippen LogP contribution in [0.1, 0.15) is 45.4 Å². The van der Waals surface area contributed by atoms with Gasteiger partial charge in [0.15, 0.2) is 0 Å². The Balaban J connectivity index is 2.03. The molecular formula is C14H25N3O2. The summed E-state index contributed by atoms with van der Waals surface area (Å²) in [6, 6.07) is 0.0720. The Morgan fingerprint density at radius 3 is 2.53 bits per heavy atom. The molecule has 1 saturated carbocycles. The maximum atomic E-state index is 12.6. The van der Waals surface area contributed by atoms with E-state index in [9.17, 15) is 9.59 Å². The average molecular weight is 267 g/mol. The second kappa shape index (κ2) is 6.37. The third kappa shape index (κ3) is 3.69. The van der Waals surface area contributed by atoms with E-state index in [-0.39, 0.29) is 24.5 Å². The zero-order chi connectivity index (χ0) is 13.8. The molecule has 19 heavy (non-hydrogen) atoms. The fourth-order valence-electron chi connectivity index (χ4n) is 3.27. The molecule has 0 aromatic carbocycles. The Morgan fingerprint density at radius 1 is 1.26 bits per heavy atom. The minimum atomic E-state index is -0.413. The molecule has 2 unspecified atom stereocenters. The summed E-state index contributed by atoms with van der Waals surface area (Å²) in [5.74, 6) is 0.218. The fraction of sp³-hybridized carbons (Fsp3) is 0.857. The molecule has 5 nitrogen and oxygen atoms in total. The van der Waals surface area contributed by atoms with Crippen molar-refractivity contribution in [2.75, 3.05) is 13.1 Å². The number of amides is 2. The average Bonchev–Trinajstić information content (AvgIpc) is 2.88. The first kappa shape index (κ1) is 14.3. The maximum Gasteiger partial charge on any atom is 0.240 e. The van der Waals surface area contributed by atoms with Crippen molar-refractivity contribution in [3.8, 4) is 0 Å². The molecule has 2 rings (SSSR count). The van der Waals surface area contributed by atoms with Gasteiger partial charge >= 0.3 is 0 Å². The van der Waals surface area contributed by atoms with E-state index in [1.807, 2.05) is 0 Å². The Bertz CT molecular complexity index is 340. The highest BCUT2D eigenvalue weighted by Crippen LogP contribution is 2.25. The van der Waals surface area contributed by atoms with Gasteiger partial charge in [-0.05, 0) is 38.1 Å². The second-order valence-corrected chi connectivity index (χ2v) is 6.01. The van der Waals surface area contributed by atoms with Gasteiger partial charge in [-0.3, -0.25) is 9.59 Å². The molecule has 3 N–H and O–H groups in total. The van der Waals surface area contributed by atoms with Gasteiger partial charge in [-0.15, -0.1) is 0 Å². The molecule has 2 atom stereocenters. The lowest BCUT2D eigenvalue weighted by atomic mass is 9.93. The van der Waals surface area contributed by atoms with Crippen molar-refractivity contribution >= 4 is 11.8 Å². The van der Waals surface area contributed by atoms with Gasteiger partial charge in [-0.25, -0.2) is 0 Å². The van der Waals surface area contributed by atoms with Crippen molar-refractivity contribution in [3.63, 3.8) is 0 Å². The summed E-state index contributed by atoms with van der Waals surface area (Å²) in [5.41, 5.74) is 5.30. The Labute approximate surface area is 114 Å². The number of nitrogens with one attached hydrogen (secondary N) is 1. The quantitative estimate of drug-likeness (QED) is 0.784. The topological polar surface area (TPSA) is 75.4 Å². The monoisotopic (exact) mass is 267 g/mol. The molecule has 1 aliphatic heterocycles. The predicted molar refractivity (Wildman–Crippen MR) is 73.4 cm³/mol. The number of hydrogen-bond acceptors (Lipinski definition) is 3. The first-order valence-corrected chi connectivity index (χ1v) is 7.40. The zero-order valence-corrected chi connectivity index (χ0v) is 11.7. The molecule has 1 aliphatic carbocycles. The smallest absolute Gasteiger partial charge is 0.240 e. The van der Waals surface area contributed by atoms with Gasteiger partial charge in [0.25, 0.3) is 0 Å². The molecule has 0 aromatic heterocycles. The molecule has 0 aromatic rings. The highest BCUT2D eigenvalue weighted by Gasteiger charge is 2.33. The first-order valence-electron chi connectivity index (χ1n) is 7.40. The molecule has 0 bridgehead atoms. The van der Waals surface area contributed by atoms with Gasteiger partial charge in [-0.2, -0.15) is 0 Å². The third-order valence-corrected chi connectivity index (χ3v) is 4.34. The number of piperidine rings is 1. The van der Waals surface area contributed by atoms with Crippen LogP contribution < -0.4 is 11.1 Å². The number of nitrogens with two attached hydrogens (primary N) is 1. The van der Waals surface area contributed by atoms with E-state index in [0.717, 1.165) is 45.1 Å². The van der Waals surface area contributed by atoms with Crippen molar-refractivity contribution < 1.29 is 9.59 Å². The van der Waals surface area contributed by atoms with Gasteiger partial charge < -0.3 is 16.0 Å². The molecular weight excluding hydrogens is 242 g/mol. The van der Waals surface area contributed by atoms with Gasteiger partial charge in [0.1, 0.15) is 0 Å². The van der Waals surface area contributed by atoms with Crippen molar-refractivity contribution in [1.29, 1.82) is 0 Å². The van der Waals surface area contributed by atoms with Gasteiger partial charge in [0.2, 0.25) is 11.8 Å². The van der Waals surface area contributed by atoms with Crippen LogP contribution >= 0.6 is 0 Å². The van der Waals surface area contributed by atoms with Crippen LogP contribution in [0.4, 0.5) is 0 Å². The lowest BCUT2D eigenvalue weighted by molar-refractivity contribution is -0.140. The van der Waals surface area contributed by atoms with Gasteiger partial charge in [-0.1, -0.05) is 19.8 Å². The predicted octanol–water partition coefficient (Wildman–Crippen LogP) is 0.631. The lowest BCUT2D eigenvalue weighted by Crippen LogP contribution is -2.54. The van der Waals surface area contributed by atoms with Crippen LogP contribution in [0, 0.1) is 5.92 Å². The van der Waals surface area contributed by atoms with E-state index in [4.69, 9.17) is 5.73 Å². The van der Waals surface area contributed by atoms with Gasteiger partial charge in [0.05, 0.1) is 12.6 Å². The molecule has 2 aliphatic rings. The van der Waals surface area contributed by atoms with E-state index in [2.05, 4.69) is 12.2 Å². The van der Waals surface area contributed by atoms with Crippen LogP contribution in [-0.4, -0.2) is 41.9 Å². The largest absolute Gasteiger partial charge is 0.368 e. The van der Waals surface area contributed by atoms with E-state index < -0.39 is 5.91 Å². The summed E-state index contributed by atoms with van der Waals surface area (Å²) in [5, 5.41) is 3.28. The number of primary amides is 1. The number of carbonyl (C=O) groups is 2. The standard InChI is InChI=1S/C14H25N3O2/c1-10-6-7-16-12(8-10)14(19)17(9-13(15)18)11-4-2-3-5-11/h10-12,16H,2-9H2,1H3,(H2,15,18). The third-order valence-electron chi connectivity index (χ3n) is 4.34. The maximum absolute atomic E-state index is 12.6. The lowest BCUT2D eigenvalue weighted by Gasteiger charge is -2.35. The van der Waals surface area contributed by atoms with Crippen molar-refractivity contribution in [2.45, 2.75) is 57.5 Å². The summed E-state index contributed by atoms with van der Waals surface area (Å²) >= 11 is 0. The van der Waals surface area contributed by atoms with Crippen LogP contribution in [0.5, 0.6) is 0 Å². The summed E-state index contributed by atoms with van der Waals surface area (Å²) in [4.78, 5) is 25.6. The van der Waals surface area contributed by atoms with Crippen LogP contribution in [0.25, 0.3) is 0 Å². The Kier molecular flexibility index (Phi) is 4.80. The van der Waals surface area contributed by atoms with E-state index in [0.29, 0.717) is 5.92 Å². The Hall–Kier alpha value is -1.10. The molecule has 2 amide bonds. The first-order chi connectivity index (χ1) is 9.08. The number of nitrogens with zero attached hydrogens (tertiary/aromatic N) is 1. The molecule has 1 saturated heterocycles. The van der Waals surface area contributed by atoms with Crippen molar-refractivity contribution in [1.82, 2.24) is 10.2 Å². The molecule has 0 radical (unpaired) electrons. The Morgan fingerprint density at radius 2 is 1.95 bits per heavy atom. The molecule has 1 heterocycles. The van der Waals surface area contributed by atoms with E-state index >= 15 is 0 Å². The van der Waals surface area contributed by atoms with Crippen LogP contribution in [0.15, 0.2) is 0 Å². The molecule has 5 heteroatoms. The number of hydrogen-bond donors (Lipinski definition) is 2. The minimum absolute atomic E-state index is 0.0655. The van der Waals surface area contributed by atoms with Crippen molar-refractivity contribution in [3.05, 3.63) is 0 Å². The normalized spacial score (nSPS) is 28.3. The van der Waals surface area contributed by atoms with E-state index in [1.54, 1.807) is 4.90 Å². The summed E-state index contributed by atoms with van der Waals surface area (Å²) < 4.78 is 0. The highest BCUT2D eigenvalue weighted by molar-refractivity contribution is 5.87. The summed E-state index contributed by atoms with van der Waals surface area (Å²) in [7, 11) is 0. The summed E-state index contributed by atoms with van der Waals surface area (Å²) in [6.07, 6.45) is 6.26. The van der Waals surface area contributed by atoms with Crippen molar-refractivity contribution in [2.24, 2.45) is 11.7 Å². The highest BCUT2D eigenvalue weighted by atomic mass is 16.2. The van der Waals surface area contributed by atoms with Crippen LogP contribution in [-0.2, 0) is 9.59 Å². The molecule has 0 spiro atoms. The second-order valence-electron chi connectivity index (χ2n) is 6.01. The SMILES string of the molecule is CC1CCNC(C(=O)N(CC(N)=O)C2CCCC2)C1. The fourth-order valence-corrected chi connectivity index (χ4v) is 3.27. The van der Waals surface area contributed by atoms with Crippen LogP contribution in [0.2, 0.25) is 0 Å². The number of carbonyl (C=O) groups excluding carboxylic acids is 2.